The second-order valence-corrected chi connectivity index (χ2v) is 4.94. The summed E-state index contributed by atoms with van der Waals surface area (Å²) in [5.41, 5.74) is 0.602. The van der Waals surface area contributed by atoms with Crippen LogP contribution in [0, 0.1) is 0 Å². The highest BCUT2D eigenvalue weighted by atomic mass is 32.2. The van der Waals surface area contributed by atoms with E-state index in [2.05, 4.69) is 0 Å². The molecule has 0 aliphatic rings. The summed E-state index contributed by atoms with van der Waals surface area (Å²) in [5, 5.41) is 18.7. The summed E-state index contributed by atoms with van der Waals surface area (Å²) in [6, 6.07) is 13.1. The maximum atomic E-state index is 11.7. The number of aromatic hydroxyl groups is 2. The van der Waals surface area contributed by atoms with Gasteiger partial charge in [0.1, 0.15) is 11.5 Å². The Balaban J connectivity index is 2.26. The van der Waals surface area contributed by atoms with Gasteiger partial charge in [-0.1, -0.05) is 6.07 Å². The summed E-state index contributed by atoms with van der Waals surface area (Å²) in [6.45, 7) is 1.46. The van der Waals surface area contributed by atoms with Crippen LogP contribution in [0.3, 0.4) is 0 Å². The average Bonchev–Trinajstić information content (AvgIpc) is 2.37. The smallest absolute Gasteiger partial charge is 0.234 e. The molecule has 0 heterocycles. The lowest BCUT2D eigenvalue weighted by molar-refractivity contribution is -0.115. The summed E-state index contributed by atoms with van der Waals surface area (Å²) in [6.07, 6.45) is 0. The molecule has 0 spiro atoms. The highest BCUT2D eigenvalue weighted by molar-refractivity contribution is 8.01. The maximum absolute atomic E-state index is 11.7. The molecule has 2 aromatic carbocycles. The lowest BCUT2D eigenvalue weighted by atomic mass is 10.3. The van der Waals surface area contributed by atoms with Crippen LogP contribution in [0.5, 0.6) is 11.5 Å². The Morgan fingerprint density at radius 2 is 1.74 bits per heavy atom. The second kappa shape index (κ2) is 5.67. The Morgan fingerprint density at radius 1 is 1.05 bits per heavy atom. The van der Waals surface area contributed by atoms with E-state index in [0.717, 1.165) is 4.90 Å². The number of hydrogen-bond donors (Lipinski definition) is 2. The third kappa shape index (κ3) is 3.42. The maximum Gasteiger partial charge on any atom is 0.234 e. The van der Waals surface area contributed by atoms with Crippen molar-refractivity contribution in [2.45, 2.75) is 11.8 Å². The molecule has 0 aromatic heterocycles. The summed E-state index contributed by atoms with van der Waals surface area (Å²) < 4.78 is 1.48. The molecule has 4 nitrogen and oxygen atoms in total. The molecule has 19 heavy (non-hydrogen) atoms. The number of nitrogens with zero attached hydrogens (tertiary/aromatic N) is 1. The van der Waals surface area contributed by atoms with Gasteiger partial charge in [-0.2, -0.15) is 0 Å². The van der Waals surface area contributed by atoms with E-state index in [1.807, 2.05) is 0 Å². The van der Waals surface area contributed by atoms with Crippen LogP contribution in [-0.2, 0) is 4.79 Å². The molecule has 2 rings (SSSR count). The van der Waals surface area contributed by atoms with Crippen LogP contribution in [0.15, 0.2) is 53.4 Å². The van der Waals surface area contributed by atoms with E-state index in [1.165, 1.54) is 29.2 Å². The minimum Gasteiger partial charge on any atom is -0.508 e. The van der Waals surface area contributed by atoms with E-state index in [0.29, 0.717) is 5.69 Å². The van der Waals surface area contributed by atoms with Gasteiger partial charge >= 0.3 is 0 Å². The fourth-order valence-corrected chi connectivity index (χ4v) is 2.35. The number of hydrogen-bond acceptors (Lipinski definition) is 4. The number of carbonyl (C=O) groups excluding carboxylic acids is 1. The highest BCUT2D eigenvalue weighted by Crippen LogP contribution is 2.31. The third-order valence-electron chi connectivity index (χ3n) is 2.38. The molecule has 2 N–H and O–H groups in total. The molecule has 0 unspecified atom stereocenters. The summed E-state index contributed by atoms with van der Waals surface area (Å²) >= 11 is 1.23. The Labute approximate surface area is 115 Å². The van der Waals surface area contributed by atoms with Crippen molar-refractivity contribution in [1.82, 2.24) is 0 Å². The first-order valence-electron chi connectivity index (χ1n) is 5.63. The monoisotopic (exact) mass is 275 g/mol. The van der Waals surface area contributed by atoms with E-state index in [1.54, 1.807) is 42.5 Å². The number of rotatable bonds is 3. The molecule has 5 heteroatoms. The minimum absolute atomic E-state index is 0.107. The molecule has 0 aliphatic carbocycles. The molecule has 0 radical (unpaired) electrons. The van der Waals surface area contributed by atoms with E-state index in [4.69, 9.17) is 0 Å². The Morgan fingerprint density at radius 3 is 2.32 bits per heavy atom. The van der Waals surface area contributed by atoms with Crippen LogP contribution < -0.4 is 4.31 Å². The van der Waals surface area contributed by atoms with Gasteiger partial charge in [0, 0.05) is 17.9 Å². The lowest BCUT2D eigenvalue weighted by Gasteiger charge is -2.19. The lowest BCUT2D eigenvalue weighted by Crippen LogP contribution is -2.19. The number of amides is 1. The van der Waals surface area contributed by atoms with Crippen molar-refractivity contribution in [3.05, 3.63) is 48.5 Å². The largest absolute Gasteiger partial charge is 0.508 e. The number of anilines is 1. The fourth-order valence-electron chi connectivity index (χ4n) is 1.53. The van der Waals surface area contributed by atoms with Crippen molar-refractivity contribution in [3.8, 4) is 11.5 Å². The van der Waals surface area contributed by atoms with Gasteiger partial charge in [0.2, 0.25) is 5.91 Å². The van der Waals surface area contributed by atoms with Crippen LogP contribution in [0.4, 0.5) is 5.69 Å². The molecule has 0 atom stereocenters. The second-order valence-electron chi connectivity index (χ2n) is 3.92. The Kier molecular flexibility index (Phi) is 3.97. The first kappa shape index (κ1) is 13.3. The van der Waals surface area contributed by atoms with Crippen LogP contribution in [0.1, 0.15) is 6.92 Å². The van der Waals surface area contributed by atoms with Crippen molar-refractivity contribution < 1.29 is 15.0 Å². The first-order chi connectivity index (χ1) is 9.06. The fraction of sp³-hybridized carbons (Fsp3) is 0.0714. The van der Waals surface area contributed by atoms with E-state index in [9.17, 15) is 15.0 Å². The van der Waals surface area contributed by atoms with E-state index < -0.39 is 0 Å². The zero-order chi connectivity index (χ0) is 13.8. The summed E-state index contributed by atoms with van der Waals surface area (Å²) in [7, 11) is 0. The zero-order valence-corrected chi connectivity index (χ0v) is 11.1. The van der Waals surface area contributed by atoms with Gasteiger partial charge in [0.05, 0.1) is 5.69 Å². The molecular formula is C14H13NO3S. The quantitative estimate of drug-likeness (QED) is 0.845. The molecule has 0 saturated carbocycles. The third-order valence-corrected chi connectivity index (χ3v) is 3.52. The van der Waals surface area contributed by atoms with Gasteiger partial charge in [-0.15, -0.1) is 0 Å². The van der Waals surface area contributed by atoms with Crippen LogP contribution in [0.25, 0.3) is 0 Å². The topological polar surface area (TPSA) is 60.8 Å². The molecule has 0 bridgehead atoms. The normalized spacial score (nSPS) is 10.2. The molecule has 1 amide bonds. The Bertz CT molecular complexity index is 583. The zero-order valence-electron chi connectivity index (χ0n) is 10.3. The van der Waals surface area contributed by atoms with Gasteiger partial charge in [-0.05, 0) is 48.3 Å². The van der Waals surface area contributed by atoms with Crippen LogP contribution >= 0.6 is 11.9 Å². The molecule has 0 aliphatic heterocycles. The van der Waals surface area contributed by atoms with Crippen molar-refractivity contribution in [1.29, 1.82) is 0 Å². The minimum atomic E-state index is -0.149. The predicted octanol–water partition coefficient (Wildman–Crippen LogP) is 3.16. The van der Waals surface area contributed by atoms with E-state index in [-0.39, 0.29) is 17.4 Å². The number of phenolic OH excluding ortho intramolecular Hbond substituents is 2. The molecular weight excluding hydrogens is 262 g/mol. The number of carbonyl (C=O) groups is 1. The molecule has 2 aromatic rings. The van der Waals surface area contributed by atoms with E-state index >= 15 is 0 Å². The van der Waals surface area contributed by atoms with Gasteiger partial charge in [-0.25, -0.2) is 4.31 Å². The van der Waals surface area contributed by atoms with Crippen molar-refractivity contribution in [3.63, 3.8) is 0 Å². The van der Waals surface area contributed by atoms with Crippen LogP contribution in [-0.4, -0.2) is 16.1 Å². The van der Waals surface area contributed by atoms with Crippen LogP contribution in [0.2, 0.25) is 0 Å². The predicted molar refractivity (Wildman–Crippen MR) is 75.2 cm³/mol. The molecule has 98 valence electrons. The SMILES string of the molecule is CC(=O)N(Sc1ccc(O)cc1)c1cccc(O)c1. The standard InChI is InChI=1S/C14H13NO3S/c1-10(16)15(11-3-2-4-13(18)9-11)19-14-7-5-12(17)6-8-14/h2-9,17-18H,1H3. The van der Waals surface area contributed by atoms with Gasteiger partial charge in [0.15, 0.2) is 0 Å². The van der Waals surface area contributed by atoms with Crippen molar-refractivity contribution in [2.75, 3.05) is 4.31 Å². The molecule has 0 fully saturated rings. The first-order valence-corrected chi connectivity index (χ1v) is 6.40. The van der Waals surface area contributed by atoms with Gasteiger partial charge in [0.25, 0.3) is 0 Å². The highest BCUT2D eigenvalue weighted by Gasteiger charge is 2.14. The number of benzene rings is 2. The van der Waals surface area contributed by atoms with Gasteiger partial charge < -0.3 is 10.2 Å². The van der Waals surface area contributed by atoms with Crippen molar-refractivity contribution >= 4 is 23.5 Å². The number of phenols is 2. The average molecular weight is 275 g/mol. The summed E-state index contributed by atoms with van der Waals surface area (Å²) in [5.74, 6) is 0.134. The van der Waals surface area contributed by atoms with Gasteiger partial charge in [-0.3, -0.25) is 4.79 Å². The van der Waals surface area contributed by atoms with Crippen molar-refractivity contribution in [2.24, 2.45) is 0 Å². The summed E-state index contributed by atoms with van der Waals surface area (Å²) in [4.78, 5) is 12.5. The Hall–Kier alpha value is -2.14. The molecule has 0 saturated heterocycles.